The largest absolute Gasteiger partial charge is 0.394 e. The van der Waals surface area contributed by atoms with Crippen LogP contribution in [0.25, 0.3) is 0 Å². The highest BCUT2D eigenvalue weighted by Gasteiger charge is 2.23. The van der Waals surface area contributed by atoms with Gasteiger partial charge in [0.1, 0.15) is 0 Å². The van der Waals surface area contributed by atoms with Gasteiger partial charge in [0, 0.05) is 6.61 Å². The molecule has 0 aromatic heterocycles. The number of carbonyl (C=O) groups excluding carboxylic acids is 1. The summed E-state index contributed by atoms with van der Waals surface area (Å²) in [5.41, 5.74) is 0. The first-order chi connectivity index (χ1) is 6.77. The zero-order valence-corrected chi connectivity index (χ0v) is 8.66. The van der Waals surface area contributed by atoms with Crippen LogP contribution < -0.4 is 5.32 Å². The second kappa shape index (κ2) is 5.98. The van der Waals surface area contributed by atoms with Crippen molar-refractivity contribution in [2.75, 3.05) is 19.8 Å². The Balaban J connectivity index is 2.32. The van der Waals surface area contributed by atoms with E-state index in [0.29, 0.717) is 6.61 Å². The van der Waals surface area contributed by atoms with E-state index in [2.05, 4.69) is 5.32 Å². The van der Waals surface area contributed by atoms with Crippen LogP contribution in [-0.2, 0) is 9.53 Å². The van der Waals surface area contributed by atoms with Crippen LogP contribution in [0.1, 0.15) is 26.2 Å². The second-order valence-electron chi connectivity index (χ2n) is 3.71. The Morgan fingerprint density at radius 1 is 1.71 bits per heavy atom. The zero-order chi connectivity index (χ0) is 10.4. The van der Waals surface area contributed by atoms with E-state index >= 15 is 0 Å². The van der Waals surface area contributed by atoms with Crippen LogP contribution >= 0.6 is 0 Å². The molecule has 1 saturated heterocycles. The van der Waals surface area contributed by atoms with Gasteiger partial charge < -0.3 is 15.2 Å². The number of hydrogen-bond acceptors (Lipinski definition) is 3. The minimum absolute atomic E-state index is 0.00974. The number of aliphatic hydroxyl groups excluding tert-OH is 1. The van der Waals surface area contributed by atoms with Crippen LogP contribution in [0.5, 0.6) is 0 Å². The van der Waals surface area contributed by atoms with Gasteiger partial charge in [0.25, 0.3) is 0 Å². The van der Waals surface area contributed by atoms with Gasteiger partial charge in [0.2, 0.25) is 5.91 Å². The molecule has 0 radical (unpaired) electrons. The molecule has 1 unspecified atom stereocenters. The molecule has 1 rings (SSSR count). The van der Waals surface area contributed by atoms with Crippen molar-refractivity contribution in [1.82, 2.24) is 5.32 Å². The standard InChI is InChI=1S/C10H19NO3/c1-2-9(6-12)11-10(13)8-4-3-5-14-7-8/h8-9,12H,2-7H2,1H3,(H,11,13)/t8?,9-/m1/s1. The molecular formula is C10H19NO3. The molecule has 0 aromatic rings. The fraction of sp³-hybridized carbons (Fsp3) is 0.900. The summed E-state index contributed by atoms with van der Waals surface area (Å²) in [5.74, 6) is -0.00468. The molecule has 1 aliphatic rings. The minimum atomic E-state index is -0.107. The van der Waals surface area contributed by atoms with E-state index in [-0.39, 0.29) is 24.5 Å². The molecule has 0 saturated carbocycles. The highest BCUT2D eigenvalue weighted by atomic mass is 16.5. The number of hydrogen-bond donors (Lipinski definition) is 2. The molecule has 0 spiro atoms. The second-order valence-corrected chi connectivity index (χ2v) is 3.71. The van der Waals surface area contributed by atoms with Gasteiger partial charge in [0.15, 0.2) is 0 Å². The van der Waals surface area contributed by atoms with Crippen LogP contribution in [0.2, 0.25) is 0 Å². The lowest BCUT2D eigenvalue weighted by molar-refractivity contribution is -0.130. The molecule has 82 valence electrons. The Labute approximate surface area is 84.6 Å². The summed E-state index contributed by atoms with van der Waals surface area (Å²) in [4.78, 5) is 11.6. The molecule has 2 N–H and O–H groups in total. The van der Waals surface area contributed by atoms with E-state index in [1.807, 2.05) is 6.92 Å². The van der Waals surface area contributed by atoms with Gasteiger partial charge in [-0.05, 0) is 19.3 Å². The molecule has 1 fully saturated rings. The summed E-state index contributed by atoms with van der Waals surface area (Å²) >= 11 is 0. The van der Waals surface area contributed by atoms with Crippen molar-refractivity contribution in [1.29, 1.82) is 0 Å². The predicted octanol–water partition coefficient (Wildman–Crippen LogP) is 0.300. The summed E-state index contributed by atoms with van der Waals surface area (Å²) in [7, 11) is 0. The van der Waals surface area contributed by atoms with Gasteiger partial charge in [-0.1, -0.05) is 6.92 Å². The first-order valence-electron chi connectivity index (χ1n) is 5.27. The van der Waals surface area contributed by atoms with Crippen LogP contribution in [-0.4, -0.2) is 36.9 Å². The topological polar surface area (TPSA) is 58.6 Å². The van der Waals surface area contributed by atoms with Gasteiger partial charge in [0.05, 0.1) is 25.2 Å². The monoisotopic (exact) mass is 201 g/mol. The lowest BCUT2D eigenvalue weighted by atomic mass is 10.0. The zero-order valence-electron chi connectivity index (χ0n) is 8.66. The molecule has 1 amide bonds. The summed E-state index contributed by atoms with van der Waals surface area (Å²) in [6, 6.07) is -0.107. The lowest BCUT2D eigenvalue weighted by Crippen LogP contribution is -2.42. The summed E-state index contributed by atoms with van der Waals surface area (Å²) in [5, 5.41) is 11.7. The Bertz CT molecular complexity index is 174. The molecule has 0 aliphatic carbocycles. The van der Waals surface area contributed by atoms with E-state index in [0.717, 1.165) is 25.9 Å². The Morgan fingerprint density at radius 2 is 2.50 bits per heavy atom. The molecule has 0 aromatic carbocycles. The third-order valence-electron chi connectivity index (χ3n) is 2.59. The quantitative estimate of drug-likeness (QED) is 0.687. The van der Waals surface area contributed by atoms with Crippen LogP contribution in [0, 0.1) is 5.92 Å². The van der Waals surface area contributed by atoms with Crippen LogP contribution in [0.4, 0.5) is 0 Å². The summed E-state index contributed by atoms with van der Waals surface area (Å²) in [6.07, 6.45) is 2.61. The maximum atomic E-state index is 11.6. The average molecular weight is 201 g/mol. The minimum Gasteiger partial charge on any atom is -0.394 e. The van der Waals surface area contributed by atoms with Crippen molar-refractivity contribution < 1.29 is 14.6 Å². The number of ether oxygens (including phenoxy) is 1. The molecule has 4 heteroatoms. The normalized spacial score (nSPS) is 24.3. The molecule has 1 aliphatic heterocycles. The first-order valence-corrected chi connectivity index (χ1v) is 5.27. The highest BCUT2D eigenvalue weighted by molar-refractivity contribution is 5.79. The molecule has 1 heterocycles. The van der Waals surface area contributed by atoms with E-state index in [1.165, 1.54) is 0 Å². The number of nitrogens with one attached hydrogen (secondary N) is 1. The van der Waals surface area contributed by atoms with Gasteiger partial charge in [-0.2, -0.15) is 0 Å². The van der Waals surface area contributed by atoms with Gasteiger partial charge in [-0.15, -0.1) is 0 Å². The molecule has 14 heavy (non-hydrogen) atoms. The summed E-state index contributed by atoms with van der Waals surface area (Å²) < 4.78 is 5.23. The maximum Gasteiger partial charge on any atom is 0.225 e. The lowest BCUT2D eigenvalue weighted by Gasteiger charge is -2.23. The van der Waals surface area contributed by atoms with Crippen LogP contribution in [0.3, 0.4) is 0 Å². The number of aliphatic hydroxyl groups is 1. The van der Waals surface area contributed by atoms with Gasteiger partial charge in [-0.3, -0.25) is 4.79 Å². The molecule has 2 atom stereocenters. The van der Waals surface area contributed by atoms with Gasteiger partial charge >= 0.3 is 0 Å². The third kappa shape index (κ3) is 3.27. The van der Waals surface area contributed by atoms with Crippen molar-refractivity contribution >= 4 is 5.91 Å². The molecular weight excluding hydrogens is 182 g/mol. The number of carbonyl (C=O) groups is 1. The fourth-order valence-electron chi connectivity index (χ4n) is 1.54. The third-order valence-corrected chi connectivity index (χ3v) is 2.59. The number of rotatable bonds is 4. The summed E-state index contributed by atoms with van der Waals surface area (Å²) in [6.45, 7) is 3.24. The predicted molar refractivity (Wildman–Crippen MR) is 52.9 cm³/mol. The Kier molecular flexibility index (Phi) is 4.90. The van der Waals surface area contributed by atoms with Crippen LogP contribution in [0.15, 0.2) is 0 Å². The van der Waals surface area contributed by atoms with Crippen molar-refractivity contribution in [3.05, 3.63) is 0 Å². The number of amides is 1. The fourth-order valence-corrected chi connectivity index (χ4v) is 1.54. The molecule has 0 bridgehead atoms. The first kappa shape index (κ1) is 11.5. The average Bonchev–Trinajstić information content (AvgIpc) is 2.26. The van der Waals surface area contributed by atoms with E-state index in [9.17, 15) is 4.79 Å². The van der Waals surface area contributed by atoms with Crippen molar-refractivity contribution in [3.63, 3.8) is 0 Å². The van der Waals surface area contributed by atoms with E-state index in [4.69, 9.17) is 9.84 Å². The smallest absolute Gasteiger partial charge is 0.225 e. The maximum absolute atomic E-state index is 11.6. The van der Waals surface area contributed by atoms with E-state index < -0.39 is 0 Å². The highest BCUT2D eigenvalue weighted by Crippen LogP contribution is 2.13. The van der Waals surface area contributed by atoms with Crippen molar-refractivity contribution in [2.45, 2.75) is 32.2 Å². The Morgan fingerprint density at radius 3 is 3.00 bits per heavy atom. The van der Waals surface area contributed by atoms with Gasteiger partial charge in [-0.25, -0.2) is 0 Å². The van der Waals surface area contributed by atoms with Crippen molar-refractivity contribution in [3.8, 4) is 0 Å². The van der Waals surface area contributed by atoms with Crippen molar-refractivity contribution in [2.24, 2.45) is 5.92 Å². The molecule has 4 nitrogen and oxygen atoms in total. The van der Waals surface area contributed by atoms with E-state index in [1.54, 1.807) is 0 Å². The Hall–Kier alpha value is -0.610. The SMILES string of the molecule is CC[C@H](CO)NC(=O)C1CCCOC1.